The molecule has 1 N–H and O–H groups in total. The topological polar surface area (TPSA) is 46.5 Å². The molecule has 0 amide bonds. The number of carboxylic acids is 1. The highest BCUT2D eigenvalue weighted by atomic mass is 35.5. The first-order valence-electron chi connectivity index (χ1n) is 6.31. The van der Waals surface area contributed by atoms with E-state index in [9.17, 15) is 4.79 Å². The normalized spacial score (nSPS) is 10.3. The van der Waals surface area contributed by atoms with Crippen LogP contribution in [0.5, 0.6) is 11.5 Å². The van der Waals surface area contributed by atoms with E-state index >= 15 is 0 Å². The maximum absolute atomic E-state index is 11.0. The van der Waals surface area contributed by atoms with E-state index in [-0.39, 0.29) is 5.56 Å². The van der Waals surface area contributed by atoms with Crippen molar-refractivity contribution in [3.05, 3.63) is 58.1 Å². The van der Waals surface area contributed by atoms with Gasteiger partial charge in [0.05, 0.1) is 5.56 Å². The lowest BCUT2D eigenvalue weighted by Crippen LogP contribution is -1.99. The summed E-state index contributed by atoms with van der Waals surface area (Å²) in [5.41, 5.74) is 1.96. The van der Waals surface area contributed by atoms with Crippen molar-refractivity contribution in [1.82, 2.24) is 0 Å². The predicted molar refractivity (Wildman–Crippen MR) is 79.0 cm³/mol. The number of carboxylic acid groups (broad SMARTS) is 1. The minimum absolute atomic E-state index is 0.280. The number of aryl methyl sites for hydroxylation is 2. The Hall–Kier alpha value is -2.00. The predicted octanol–water partition coefficient (Wildman–Crippen LogP) is 4.70. The standard InChI is InChI=1S/C16H15ClO3/c1-3-11-9-13(5-7-15(11)17)20-12-4-6-14(16(18)19)10(2)8-12/h4-9H,3H2,1-2H3,(H,18,19). The second-order valence-electron chi connectivity index (χ2n) is 4.49. The lowest BCUT2D eigenvalue weighted by Gasteiger charge is -2.10. The average molecular weight is 291 g/mol. The largest absolute Gasteiger partial charge is 0.478 e. The number of ether oxygens (including phenoxy) is 1. The zero-order chi connectivity index (χ0) is 14.7. The number of carbonyl (C=O) groups is 1. The minimum atomic E-state index is -0.936. The molecule has 0 aliphatic heterocycles. The highest BCUT2D eigenvalue weighted by molar-refractivity contribution is 6.31. The Labute approximate surface area is 122 Å². The number of rotatable bonds is 4. The van der Waals surface area contributed by atoms with Gasteiger partial charge < -0.3 is 9.84 Å². The summed E-state index contributed by atoms with van der Waals surface area (Å²) >= 11 is 6.06. The number of hydrogen-bond donors (Lipinski definition) is 1. The molecule has 20 heavy (non-hydrogen) atoms. The van der Waals surface area contributed by atoms with E-state index in [4.69, 9.17) is 21.4 Å². The molecule has 3 nitrogen and oxygen atoms in total. The number of hydrogen-bond acceptors (Lipinski definition) is 2. The van der Waals surface area contributed by atoms with Crippen LogP contribution in [-0.2, 0) is 6.42 Å². The van der Waals surface area contributed by atoms with Crippen LogP contribution in [0, 0.1) is 6.92 Å². The molecule has 0 saturated carbocycles. The van der Waals surface area contributed by atoms with Crippen LogP contribution in [0.3, 0.4) is 0 Å². The van der Waals surface area contributed by atoms with Gasteiger partial charge in [0.15, 0.2) is 0 Å². The van der Waals surface area contributed by atoms with Gasteiger partial charge in [-0.2, -0.15) is 0 Å². The molecule has 0 radical (unpaired) electrons. The molecule has 4 heteroatoms. The fraction of sp³-hybridized carbons (Fsp3) is 0.188. The van der Waals surface area contributed by atoms with Gasteiger partial charge in [0.1, 0.15) is 11.5 Å². The van der Waals surface area contributed by atoms with E-state index < -0.39 is 5.97 Å². The molecule has 0 spiro atoms. The lowest BCUT2D eigenvalue weighted by atomic mass is 10.1. The van der Waals surface area contributed by atoms with Crippen molar-refractivity contribution in [2.24, 2.45) is 0 Å². The van der Waals surface area contributed by atoms with Crippen LogP contribution in [0.15, 0.2) is 36.4 Å². The Kier molecular flexibility index (Phi) is 4.30. The van der Waals surface area contributed by atoms with E-state index in [1.54, 1.807) is 37.3 Å². The average Bonchev–Trinajstić information content (AvgIpc) is 2.40. The number of halogens is 1. The van der Waals surface area contributed by atoms with Crippen molar-refractivity contribution in [1.29, 1.82) is 0 Å². The summed E-state index contributed by atoms with van der Waals surface area (Å²) in [5, 5.41) is 9.71. The van der Waals surface area contributed by atoms with Gasteiger partial charge in [-0.3, -0.25) is 0 Å². The monoisotopic (exact) mass is 290 g/mol. The Bertz CT molecular complexity index is 650. The highest BCUT2D eigenvalue weighted by Crippen LogP contribution is 2.27. The van der Waals surface area contributed by atoms with Crippen molar-refractivity contribution < 1.29 is 14.6 Å². The quantitative estimate of drug-likeness (QED) is 0.887. The summed E-state index contributed by atoms with van der Waals surface area (Å²) < 4.78 is 5.74. The van der Waals surface area contributed by atoms with E-state index in [1.807, 2.05) is 13.0 Å². The third-order valence-corrected chi connectivity index (χ3v) is 3.43. The summed E-state index contributed by atoms with van der Waals surface area (Å²) in [4.78, 5) is 11.0. The Balaban J connectivity index is 2.26. The van der Waals surface area contributed by atoms with Gasteiger partial charge >= 0.3 is 5.97 Å². The van der Waals surface area contributed by atoms with Crippen LogP contribution >= 0.6 is 11.6 Å². The fourth-order valence-electron chi connectivity index (χ4n) is 1.96. The summed E-state index contributed by atoms with van der Waals surface area (Å²) in [6.45, 7) is 3.77. The van der Waals surface area contributed by atoms with Crippen molar-refractivity contribution in [3.63, 3.8) is 0 Å². The van der Waals surface area contributed by atoms with E-state index in [1.165, 1.54) is 0 Å². The summed E-state index contributed by atoms with van der Waals surface area (Å²) in [5.74, 6) is 0.361. The van der Waals surface area contributed by atoms with Crippen LogP contribution in [-0.4, -0.2) is 11.1 Å². The van der Waals surface area contributed by atoms with Gasteiger partial charge in [-0.25, -0.2) is 4.79 Å². The number of benzene rings is 2. The van der Waals surface area contributed by atoms with E-state index in [0.29, 0.717) is 17.1 Å². The third kappa shape index (κ3) is 3.11. The highest BCUT2D eigenvalue weighted by Gasteiger charge is 2.08. The molecule has 0 heterocycles. The van der Waals surface area contributed by atoms with Crippen LogP contribution in [0.1, 0.15) is 28.4 Å². The molecule has 0 aliphatic carbocycles. The van der Waals surface area contributed by atoms with Gasteiger partial charge in [0, 0.05) is 5.02 Å². The molecular formula is C16H15ClO3. The smallest absolute Gasteiger partial charge is 0.335 e. The molecule has 2 aromatic carbocycles. The van der Waals surface area contributed by atoms with Gasteiger partial charge in [0.25, 0.3) is 0 Å². The molecule has 0 aliphatic rings. The molecule has 2 rings (SSSR count). The van der Waals surface area contributed by atoms with Crippen molar-refractivity contribution in [2.75, 3.05) is 0 Å². The molecule has 0 saturated heterocycles. The molecule has 2 aromatic rings. The maximum Gasteiger partial charge on any atom is 0.335 e. The first kappa shape index (κ1) is 14.4. The number of aromatic carboxylic acids is 1. The van der Waals surface area contributed by atoms with Crippen molar-refractivity contribution >= 4 is 17.6 Å². The molecular weight excluding hydrogens is 276 g/mol. The van der Waals surface area contributed by atoms with Crippen molar-refractivity contribution in [2.45, 2.75) is 20.3 Å². The SMILES string of the molecule is CCc1cc(Oc2ccc(C(=O)O)c(C)c2)ccc1Cl. The van der Waals surface area contributed by atoms with Gasteiger partial charge in [-0.05, 0) is 60.9 Å². The summed E-state index contributed by atoms with van der Waals surface area (Å²) in [7, 11) is 0. The van der Waals surface area contributed by atoms with E-state index in [0.717, 1.165) is 17.0 Å². The summed E-state index contributed by atoms with van der Waals surface area (Å²) in [6.07, 6.45) is 0.826. The van der Waals surface area contributed by atoms with Gasteiger partial charge in [-0.15, -0.1) is 0 Å². The van der Waals surface area contributed by atoms with Crippen LogP contribution < -0.4 is 4.74 Å². The zero-order valence-corrected chi connectivity index (χ0v) is 12.1. The lowest BCUT2D eigenvalue weighted by molar-refractivity contribution is 0.0696. The summed E-state index contributed by atoms with van der Waals surface area (Å²) in [6, 6.07) is 10.4. The minimum Gasteiger partial charge on any atom is -0.478 e. The molecule has 0 unspecified atom stereocenters. The first-order valence-corrected chi connectivity index (χ1v) is 6.69. The first-order chi connectivity index (χ1) is 9.51. The molecule has 104 valence electrons. The Morgan fingerprint density at radius 3 is 2.45 bits per heavy atom. The molecule has 0 bridgehead atoms. The molecule has 0 fully saturated rings. The molecule has 0 aromatic heterocycles. The zero-order valence-electron chi connectivity index (χ0n) is 11.3. The second-order valence-corrected chi connectivity index (χ2v) is 4.90. The van der Waals surface area contributed by atoms with Gasteiger partial charge in [0.2, 0.25) is 0 Å². The fourth-order valence-corrected chi connectivity index (χ4v) is 2.21. The maximum atomic E-state index is 11.0. The van der Waals surface area contributed by atoms with Crippen LogP contribution in [0.25, 0.3) is 0 Å². The van der Waals surface area contributed by atoms with Gasteiger partial charge in [-0.1, -0.05) is 18.5 Å². The van der Waals surface area contributed by atoms with Crippen molar-refractivity contribution in [3.8, 4) is 11.5 Å². The Morgan fingerprint density at radius 1 is 1.20 bits per heavy atom. The van der Waals surface area contributed by atoms with Crippen LogP contribution in [0.2, 0.25) is 5.02 Å². The third-order valence-electron chi connectivity index (χ3n) is 3.06. The second kappa shape index (κ2) is 5.97. The van der Waals surface area contributed by atoms with E-state index in [2.05, 4.69) is 0 Å². The molecule has 0 atom stereocenters. The van der Waals surface area contributed by atoms with Crippen LogP contribution in [0.4, 0.5) is 0 Å². The Morgan fingerprint density at radius 2 is 1.85 bits per heavy atom.